The predicted octanol–water partition coefficient (Wildman–Crippen LogP) is 6.94. The van der Waals surface area contributed by atoms with Crippen molar-refractivity contribution in [1.82, 2.24) is 0 Å². The molecule has 0 rings (SSSR count). The molecule has 0 aliphatic heterocycles. The summed E-state index contributed by atoms with van der Waals surface area (Å²) < 4.78 is 0. The quantitative estimate of drug-likeness (QED) is 0.294. The molecule has 0 spiro atoms. The van der Waals surface area contributed by atoms with Gasteiger partial charge in [0.1, 0.15) is 0 Å². The molecule has 0 atom stereocenters. The zero-order valence-corrected chi connectivity index (χ0v) is 13.2. The fourth-order valence-electron chi connectivity index (χ4n) is 2.79. The lowest BCUT2D eigenvalue weighted by atomic mass is 9.91. The van der Waals surface area contributed by atoms with Gasteiger partial charge < -0.3 is 0 Å². The molecule has 0 aliphatic carbocycles. The molecule has 0 aromatic carbocycles. The van der Waals surface area contributed by atoms with E-state index < -0.39 is 0 Å². The molecule has 1 radical (unpaired) electrons. The molecule has 0 saturated heterocycles. The first-order valence-electron chi connectivity index (χ1n) is 8.64. The van der Waals surface area contributed by atoms with Gasteiger partial charge in [0.2, 0.25) is 0 Å². The van der Waals surface area contributed by atoms with Gasteiger partial charge in [-0.05, 0) is 5.92 Å². The van der Waals surface area contributed by atoms with Crippen LogP contribution in [0.4, 0.5) is 0 Å². The molecule has 0 nitrogen and oxygen atoms in total. The molecule has 0 aromatic heterocycles. The molecule has 109 valence electrons. The summed E-state index contributed by atoms with van der Waals surface area (Å²) in [5.41, 5.74) is 0. The topological polar surface area (TPSA) is 0 Å². The van der Waals surface area contributed by atoms with Crippen molar-refractivity contribution in [2.24, 2.45) is 5.92 Å². The van der Waals surface area contributed by atoms with Crippen LogP contribution in [0.15, 0.2) is 0 Å². The lowest BCUT2D eigenvalue weighted by molar-refractivity contribution is 0.383. The number of rotatable bonds is 14. The van der Waals surface area contributed by atoms with Gasteiger partial charge in [-0.1, -0.05) is 111 Å². The number of hydrogen-bond acceptors (Lipinski definition) is 0. The van der Waals surface area contributed by atoms with Crippen molar-refractivity contribution < 1.29 is 0 Å². The maximum atomic E-state index is 4.04. The van der Waals surface area contributed by atoms with E-state index in [-0.39, 0.29) is 0 Å². The zero-order valence-electron chi connectivity index (χ0n) is 13.2. The number of unbranched alkanes of at least 4 members (excludes halogenated alkanes) is 8. The fourth-order valence-corrected chi connectivity index (χ4v) is 2.79. The maximum Gasteiger partial charge on any atom is -0.0414 e. The lowest BCUT2D eigenvalue weighted by Gasteiger charge is -2.15. The second kappa shape index (κ2) is 15.1. The van der Waals surface area contributed by atoms with E-state index in [2.05, 4.69) is 20.8 Å². The molecular formula is C18H37. The van der Waals surface area contributed by atoms with Gasteiger partial charge in [0.25, 0.3) is 0 Å². The summed E-state index contributed by atoms with van der Waals surface area (Å²) in [5, 5.41) is 0. The van der Waals surface area contributed by atoms with Gasteiger partial charge >= 0.3 is 0 Å². The maximum absolute atomic E-state index is 4.04. The Balaban J connectivity index is 3.45. The third-order valence-electron chi connectivity index (χ3n) is 4.04. The van der Waals surface area contributed by atoms with Crippen LogP contribution in [-0.2, 0) is 0 Å². The van der Waals surface area contributed by atoms with E-state index in [1.165, 1.54) is 83.5 Å². The highest BCUT2D eigenvalue weighted by atomic mass is 14.1. The second-order valence-electron chi connectivity index (χ2n) is 5.91. The first-order chi connectivity index (χ1) is 8.85. The molecule has 0 fully saturated rings. The van der Waals surface area contributed by atoms with Crippen LogP contribution in [0.1, 0.15) is 104 Å². The van der Waals surface area contributed by atoms with Gasteiger partial charge in [0, 0.05) is 0 Å². The van der Waals surface area contributed by atoms with Crippen LogP contribution in [-0.4, -0.2) is 0 Å². The highest BCUT2D eigenvalue weighted by Crippen LogP contribution is 2.22. The zero-order chi connectivity index (χ0) is 13.5. The average Bonchev–Trinajstić information content (AvgIpc) is 2.38. The highest BCUT2D eigenvalue weighted by molar-refractivity contribution is 4.62. The fraction of sp³-hybridized carbons (Fsp3) is 0.944. The summed E-state index contributed by atoms with van der Waals surface area (Å²) in [6.45, 7) is 8.63. The molecule has 0 heteroatoms. The van der Waals surface area contributed by atoms with E-state index >= 15 is 0 Å². The van der Waals surface area contributed by atoms with E-state index in [9.17, 15) is 0 Å². The first kappa shape index (κ1) is 18.0. The van der Waals surface area contributed by atoms with Crippen molar-refractivity contribution >= 4 is 0 Å². The number of hydrogen-bond donors (Lipinski definition) is 0. The van der Waals surface area contributed by atoms with Crippen molar-refractivity contribution in [3.05, 3.63) is 6.92 Å². The largest absolute Gasteiger partial charge is 0.0654 e. The van der Waals surface area contributed by atoms with Crippen LogP contribution in [0.3, 0.4) is 0 Å². The molecule has 0 heterocycles. The van der Waals surface area contributed by atoms with Crippen molar-refractivity contribution in [1.29, 1.82) is 0 Å². The van der Waals surface area contributed by atoms with Crippen molar-refractivity contribution in [2.75, 3.05) is 0 Å². The SMILES string of the molecule is [CH2]CCC(CCCCCCC)CCCCCCC. The van der Waals surface area contributed by atoms with Crippen LogP contribution in [0.25, 0.3) is 0 Å². The van der Waals surface area contributed by atoms with E-state index in [0.717, 1.165) is 12.3 Å². The minimum atomic E-state index is 0.978. The van der Waals surface area contributed by atoms with Crippen LogP contribution in [0.2, 0.25) is 0 Å². The first-order valence-corrected chi connectivity index (χ1v) is 8.64. The Morgan fingerprint density at radius 2 is 1.06 bits per heavy atom. The molecular weight excluding hydrogens is 216 g/mol. The van der Waals surface area contributed by atoms with Crippen LogP contribution < -0.4 is 0 Å². The van der Waals surface area contributed by atoms with Gasteiger partial charge in [-0.2, -0.15) is 0 Å². The predicted molar refractivity (Wildman–Crippen MR) is 84.8 cm³/mol. The van der Waals surface area contributed by atoms with E-state index in [1.807, 2.05) is 0 Å². The Bertz CT molecular complexity index is 125. The van der Waals surface area contributed by atoms with Crippen molar-refractivity contribution in [3.63, 3.8) is 0 Å². The molecule has 18 heavy (non-hydrogen) atoms. The molecule has 0 unspecified atom stereocenters. The minimum Gasteiger partial charge on any atom is -0.0654 e. The van der Waals surface area contributed by atoms with E-state index in [1.54, 1.807) is 0 Å². The Morgan fingerprint density at radius 1 is 0.611 bits per heavy atom. The smallest absolute Gasteiger partial charge is 0.0414 e. The Hall–Kier alpha value is 0. The standard InChI is InChI=1S/C18H37/c1-4-7-9-11-13-16-18(15-6-3)17-14-12-10-8-5-2/h18H,3-17H2,1-2H3. The lowest BCUT2D eigenvalue weighted by Crippen LogP contribution is -2.00. The monoisotopic (exact) mass is 253 g/mol. The summed E-state index contributed by atoms with van der Waals surface area (Å²) >= 11 is 0. The molecule has 0 saturated carbocycles. The van der Waals surface area contributed by atoms with E-state index in [0.29, 0.717) is 0 Å². The minimum absolute atomic E-state index is 0.978. The van der Waals surface area contributed by atoms with Crippen LogP contribution in [0.5, 0.6) is 0 Å². The van der Waals surface area contributed by atoms with Gasteiger partial charge in [-0.25, -0.2) is 0 Å². The van der Waals surface area contributed by atoms with Crippen LogP contribution >= 0.6 is 0 Å². The Morgan fingerprint density at radius 3 is 1.44 bits per heavy atom. The normalized spacial score (nSPS) is 11.3. The highest BCUT2D eigenvalue weighted by Gasteiger charge is 2.07. The molecule has 0 aliphatic rings. The van der Waals surface area contributed by atoms with Crippen LogP contribution in [0, 0.1) is 12.8 Å². The third kappa shape index (κ3) is 12.5. The third-order valence-corrected chi connectivity index (χ3v) is 4.04. The van der Waals surface area contributed by atoms with Gasteiger partial charge in [-0.15, -0.1) is 0 Å². The van der Waals surface area contributed by atoms with Crippen molar-refractivity contribution in [3.8, 4) is 0 Å². The molecule has 0 amide bonds. The van der Waals surface area contributed by atoms with Crippen molar-refractivity contribution in [2.45, 2.75) is 104 Å². The molecule has 0 aromatic rings. The van der Waals surface area contributed by atoms with Gasteiger partial charge in [0.05, 0.1) is 0 Å². The summed E-state index contributed by atoms with van der Waals surface area (Å²) in [7, 11) is 0. The Labute approximate surface area is 117 Å². The molecule has 0 N–H and O–H groups in total. The second-order valence-corrected chi connectivity index (χ2v) is 5.91. The van der Waals surface area contributed by atoms with Gasteiger partial charge in [0.15, 0.2) is 0 Å². The average molecular weight is 253 g/mol. The molecule has 0 bridgehead atoms. The Kier molecular flexibility index (Phi) is 15.1. The van der Waals surface area contributed by atoms with Gasteiger partial charge in [-0.3, -0.25) is 0 Å². The summed E-state index contributed by atoms with van der Waals surface area (Å²) in [4.78, 5) is 0. The summed E-state index contributed by atoms with van der Waals surface area (Å²) in [5.74, 6) is 0.978. The summed E-state index contributed by atoms with van der Waals surface area (Å²) in [6, 6.07) is 0. The summed E-state index contributed by atoms with van der Waals surface area (Å²) in [6.07, 6.45) is 19.7. The van der Waals surface area contributed by atoms with E-state index in [4.69, 9.17) is 0 Å².